The van der Waals surface area contributed by atoms with Crippen molar-refractivity contribution in [2.45, 2.75) is 38.5 Å². The first-order valence-electron chi connectivity index (χ1n) is 8.12. The number of para-hydroxylation sites is 1. The molecule has 1 aromatic rings. The van der Waals surface area contributed by atoms with Gasteiger partial charge in [-0.05, 0) is 25.6 Å². The molecule has 1 N–H and O–H groups in total. The normalized spacial score (nSPS) is 29.4. The molecule has 2 heterocycles. The smallest absolute Gasteiger partial charge is 0.125 e. The summed E-state index contributed by atoms with van der Waals surface area (Å²) in [4.78, 5) is 4.92. The van der Waals surface area contributed by atoms with Gasteiger partial charge in [-0.2, -0.15) is 0 Å². The van der Waals surface area contributed by atoms with E-state index in [1.165, 1.54) is 6.42 Å². The van der Waals surface area contributed by atoms with Crippen molar-refractivity contribution in [1.82, 2.24) is 9.80 Å². The van der Waals surface area contributed by atoms with E-state index in [0.717, 1.165) is 37.5 Å². The van der Waals surface area contributed by atoms with Crippen LogP contribution in [0.4, 0.5) is 0 Å². The van der Waals surface area contributed by atoms with Crippen LogP contribution >= 0.6 is 0 Å². The first-order chi connectivity index (χ1) is 10.2. The van der Waals surface area contributed by atoms with E-state index in [4.69, 9.17) is 4.74 Å². The molecule has 1 aromatic carbocycles. The highest BCUT2D eigenvalue weighted by atomic mass is 16.5. The van der Waals surface area contributed by atoms with Gasteiger partial charge in [-0.3, -0.25) is 9.80 Å². The second kappa shape index (κ2) is 6.34. The summed E-state index contributed by atoms with van der Waals surface area (Å²) in [5.74, 6) is 0.834. The van der Waals surface area contributed by atoms with Gasteiger partial charge in [0.1, 0.15) is 18.5 Å². The number of nitrogens with zero attached hydrogens (tertiary/aromatic N) is 2. The molecule has 2 aliphatic heterocycles. The number of aliphatic hydroxyl groups excluding tert-OH is 1. The van der Waals surface area contributed by atoms with Crippen LogP contribution in [0, 0.1) is 0 Å². The van der Waals surface area contributed by atoms with E-state index >= 15 is 0 Å². The Kier molecular flexibility index (Phi) is 4.48. The lowest BCUT2D eigenvalue weighted by Gasteiger charge is -2.36. The molecule has 0 bridgehead atoms. The lowest BCUT2D eigenvalue weighted by molar-refractivity contribution is 0.0109. The van der Waals surface area contributed by atoms with E-state index in [9.17, 15) is 5.11 Å². The number of aliphatic hydroxyl groups is 1. The number of hydrogen-bond donors (Lipinski definition) is 1. The fourth-order valence-electron chi connectivity index (χ4n) is 3.74. The van der Waals surface area contributed by atoms with Crippen molar-refractivity contribution in [2.75, 3.05) is 32.8 Å². The van der Waals surface area contributed by atoms with Crippen molar-refractivity contribution in [1.29, 1.82) is 0 Å². The maximum Gasteiger partial charge on any atom is 0.125 e. The molecule has 1 saturated heterocycles. The Labute approximate surface area is 127 Å². The van der Waals surface area contributed by atoms with Gasteiger partial charge in [-0.25, -0.2) is 0 Å². The molecule has 0 saturated carbocycles. The van der Waals surface area contributed by atoms with Crippen molar-refractivity contribution < 1.29 is 9.84 Å². The topological polar surface area (TPSA) is 35.9 Å². The quantitative estimate of drug-likeness (QED) is 0.919. The van der Waals surface area contributed by atoms with E-state index in [1.54, 1.807) is 0 Å². The second-order valence-corrected chi connectivity index (χ2v) is 6.02. The minimum atomic E-state index is -0.439. The predicted molar refractivity (Wildman–Crippen MR) is 83.6 cm³/mol. The van der Waals surface area contributed by atoms with Gasteiger partial charge in [-0.1, -0.05) is 32.0 Å². The zero-order valence-electron chi connectivity index (χ0n) is 13.0. The lowest BCUT2D eigenvalue weighted by atomic mass is 9.98. The largest absolute Gasteiger partial charge is 0.491 e. The first-order valence-corrected chi connectivity index (χ1v) is 8.12. The van der Waals surface area contributed by atoms with Crippen LogP contribution in [-0.2, 0) is 0 Å². The second-order valence-electron chi connectivity index (χ2n) is 6.02. The summed E-state index contributed by atoms with van der Waals surface area (Å²) in [7, 11) is 0. The third-order valence-electron chi connectivity index (χ3n) is 5.00. The maximum absolute atomic E-state index is 10.7. The van der Waals surface area contributed by atoms with Crippen LogP contribution in [0.15, 0.2) is 24.3 Å². The van der Waals surface area contributed by atoms with Gasteiger partial charge in [0, 0.05) is 24.7 Å². The zero-order valence-corrected chi connectivity index (χ0v) is 13.0. The molecule has 3 rings (SSSR count). The third-order valence-corrected chi connectivity index (χ3v) is 5.00. The molecule has 4 heteroatoms. The Balaban J connectivity index is 1.69. The van der Waals surface area contributed by atoms with Gasteiger partial charge < -0.3 is 9.84 Å². The fourth-order valence-corrected chi connectivity index (χ4v) is 3.74. The number of likely N-dealkylation sites (tertiary alicyclic amines) is 1. The highest BCUT2D eigenvalue weighted by Crippen LogP contribution is 2.35. The third kappa shape index (κ3) is 2.80. The Morgan fingerprint density at radius 3 is 2.81 bits per heavy atom. The van der Waals surface area contributed by atoms with Gasteiger partial charge in [0.05, 0.1) is 6.04 Å². The molecule has 116 valence electrons. The van der Waals surface area contributed by atoms with Crippen LogP contribution in [0.3, 0.4) is 0 Å². The van der Waals surface area contributed by atoms with Crippen LogP contribution < -0.4 is 4.74 Å². The van der Waals surface area contributed by atoms with Crippen LogP contribution in [0.25, 0.3) is 0 Å². The van der Waals surface area contributed by atoms with Gasteiger partial charge in [0.25, 0.3) is 0 Å². The van der Waals surface area contributed by atoms with Crippen LogP contribution in [0.2, 0.25) is 0 Å². The van der Waals surface area contributed by atoms with Crippen molar-refractivity contribution in [2.24, 2.45) is 0 Å². The number of rotatable bonds is 4. The number of ether oxygens (including phenoxy) is 1. The SMILES string of the molecule is CCN(CC)C1CCN(C2COc3ccccc3C2O)C1. The Morgan fingerprint density at radius 2 is 2.05 bits per heavy atom. The average molecular weight is 290 g/mol. The Hall–Kier alpha value is -1.10. The molecular weight excluding hydrogens is 264 g/mol. The molecule has 0 aliphatic carbocycles. The summed E-state index contributed by atoms with van der Waals surface area (Å²) in [6.07, 6.45) is 0.748. The molecular formula is C17H26N2O2. The fraction of sp³-hybridized carbons (Fsp3) is 0.647. The lowest BCUT2D eigenvalue weighted by Crippen LogP contribution is -2.46. The summed E-state index contributed by atoms with van der Waals surface area (Å²) >= 11 is 0. The summed E-state index contributed by atoms with van der Waals surface area (Å²) in [6.45, 7) is 9.32. The summed E-state index contributed by atoms with van der Waals surface area (Å²) in [5, 5.41) is 10.7. The Bertz CT molecular complexity index is 476. The minimum Gasteiger partial charge on any atom is -0.491 e. The highest BCUT2D eigenvalue weighted by molar-refractivity contribution is 5.37. The molecule has 3 atom stereocenters. The van der Waals surface area contributed by atoms with E-state index in [1.807, 2.05) is 24.3 Å². The molecule has 4 nitrogen and oxygen atoms in total. The van der Waals surface area contributed by atoms with Crippen molar-refractivity contribution in [3.63, 3.8) is 0 Å². The van der Waals surface area contributed by atoms with Crippen molar-refractivity contribution >= 4 is 0 Å². The monoisotopic (exact) mass is 290 g/mol. The number of likely N-dealkylation sites (N-methyl/N-ethyl adjacent to an activating group) is 1. The van der Waals surface area contributed by atoms with Gasteiger partial charge >= 0.3 is 0 Å². The summed E-state index contributed by atoms with van der Waals surface area (Å²) < 4.78 is 5.85. The molecule has 0 amide bonds. The van der Waals surface area contributed by atoms with E-state index in [0.29, 0.717) is 12.6 Å². The molecule has 0 radical (unpaired) electrons. The summed E-state index contributed by atoms with van der Waals surface area (Å²) in [6, 6.07) is 8.54. The minimum absolute atomic E-state index is 0.0838. The molecule has 21 heavy (non-hydrogen) atoms. The standard InChI is InChI=1S/C17H26N2O2/c1-3-18(4-2)13-9-10-19(11-13)15-12-21-16-8-6-5-7-14(16)17(15)20/h5-8,13,15,17,20H,3-4,9-12H2,1-2H3. The van der Waals surface area contributed by atoms with Gasteiger partial charge in [0.15, 0.2) is 0 Å². The van der Waals surface area contributed by atoms with E-state index < -0.39 is 6.10 Å². The van der Waals surface area contributed by atoms with Crippen molar-refractivity contribution in [3.05, 3.63) is 29.8 Å². The Morgan fingerprint density at radius 1 is 1.29 bits per heavy atom. The molecule has 0 spiro atoms. The van der Waals surface area contributed by atoms with Crippen LogP contribution in [0.1, 0.15) is 31.9 Å². The molecule has 1 fully saturated rings. The summed E-state index contributed by atoms with van der Waals surface area (Å²) in [5.41, 5.74) is 0.931. The number of hydrogen-bond acceptors (Lipinski definition) is 4. The zero-order chi connectivity index (χ0) is 14.8. The first kappa shape index (κ1) is 14.8. The van der Waals surface area contributed by atoms with Crippen LogP contribution in [-0.4, -0.2) is 59.8 Å². The van der Waals surface area contributed by atoms with Gasteiger partial charge in [0.2, 0.25) is 0 Å². The van der Waals surface area contributed by atoms with Crippen LogP contribution in [0.5, 0.6) is 5.75 Å². The number of benzene rings is 1. The average Bonchev–Trinajstić information content (AvgIpc) is 2.99. The maximum atomic E-state index is 10.7. The van der Waals surface area contributed by atoms with E-state index in [-0.39, 0.29) is 6.04 Å². The van der Waals surface area contributed by atoms with Gasteiger partial charge in [-0.15, -0.1) is 0 Å². The van der Waals surface area contributed by atoms with E-state index in [2.05, 4.69) is 23.6 Å². The molecule has 2 aliphatic rings. The predicted octanol–water partition coefficient (Wildman–Crippen LogP) is 1.90. The molecule has 0 aromatic heterocycles. The van der Waals surface area contributed by atoms with Crippen molar-refractivity contribution in [3.8, 4) is 5.75 Å². The molecule has 3 unspecified atom stereocenters. The highest BCUT2D eigenvalue weighted by Gasteiger charge is 2.38. The number of fused-ring (bicyclic) bond motifs is 1.